The molecule has 8 heteroatoms. The maximum Gasteiger partial charge on any atom is 0.237 e. The van der Waals surface area contributed by atoms with Crippen LogP contribution in [0.4, 0.5) is 5.69 Å². The van der Waals surface area contributed by atoms with Crippen LogP contribution < -0.4 is 5.32 Å². The van der Waals surface area contributed by atoms with Crippen molar-refractivity contribution >= 4 is 35.0 Å². The first-order valence-electron chi connectivity index (χ1n) is 8.65. The fourth-order valence-electron chi connectivity index (χ4n) is 2.52. The van der Waals surface area contributed by atoms with E-state index in [9.17, 15) is 4.79 Å². The van der Waals surface area contributed by atoms with Crippen LogP contribution in [0.3, 0.4) is 0 Å². The SMILES string of the molecule is CCCn1c(S[C@@H](C)C(=O)Nc2ccccc2Cl)nnc1-c1ccncc1. The molecule has 0 radical (unpaired) electrons. The number of benzene rings is 1. The third-order valence-corrected chi connectivity index (χ3v) is 5.30. The molecule has 27 heavy (non-hydrogen) atoms. The number of rotatable bonds is 7. The first-order chi connectivity index (χ1) is 13.1. The molecule has 0 unspecified atom stereocenters. The van der Waals surface area contributed by atoms with Gasteiger partial charge in [-0.2, -0.15) is 0 Å². The highest BCUT2D eigenvalue weighted by Gasteiger charge is 2.21. The molecule has 0 fully saturated rings. The summed E-state index contributed by atoms with van der Waals surface area (Å²) >= 11 is 7.50. The highest BCUT2D eigenvalue weighted by atomic mass is 35.5. The molecule has 3 rings (SSSR count). The fourth-order valence-corrected chi connectivity index (χ4v) is 3.58. The molecule has 0 aliphatic rings. The van der Waals surface area contributed by atoms with Crippen molar-refractivity contribution < 1.29 is 4.79 Å². The van der Waals surface area contributed by atoms with E-state index in [0.717, 1.165) is 24.4 Å². The number of nitrogens with one attached hydrogen (secondary N) is 1. The Morgan fingerprint density at radius 2 is 1.96 bits per heavy atom. The molecule has 1 amide bonds. The van der Waals surface area contributed by atoms with Crippen molar-refractivity contribution in [2.24, 2.45) is 0 Å². The lowest BCUT2D eigenvalue weighted by Gasteiger charge is -2.14. The van der Waals surface area contributed by atoms with E-state index in [4.69, 9.17) is 11.6 Å². The van der Waals surface area contributed by atoms with Crippen molar-refractivity contribution in [3.63, 3.8) is 0 Å². The van der Waals surface area contributed by atoms with Gasteiger partial charge in [-0.15, -0.1) is 10.2 Å². The van der Waals surface area contributed by atoms with E-state index in [-0.39, 0.29) is 11.2 Å². The molecule has 1 aromatic carbocycles. The average molecular weight is 402 g/mol. The minimum absolute atomic E-state index is 0.135. The fraction of sp³-hybridized carbons (Fsp3) is 0.263. The van der Waals surface area contributed by atoms with Gasteiger partial charge in [-0.05, 0) is 37.6 Å². The highest BCUT2D eigenvalue weighted by Crippen LogP contribution is 2.28. The third-order valence-electron chi connectivity index (χ3n) is 3.89. The number of nitrogens with zero attached hydrogens (tertiary/aromatic N) is 4. The molecular formula is C19H20ClN5OS. The summed E-state index contributed by atoms with van der Waals surface area (Å²) in [5.74, 6) is 0.644. The van der Waals surface area contributed by atoms with E-state index in [2.05, 4.69) is 27.4 Å². The Bertz CT molecular complexity index is 915. The predicted molar refractivity (Wildman–Crippen MR) is 109 cm³/mol. The Labute approximate surface area is 167 Å². The van der Waals surface area contributed by atoms with E-state index in [1.807, 2.05) is 35.8 Å². The number of para-hydroxylation sites is 1. The predicted octanol–water partition coefficient (Wildman–Crippen LogP) is 4.52. The van der Waals surface area contributed by atoms with E-state index < -0.39 is 0 Å². The summed E-state index contributed by atoms with van der Waals surface area (Å²) in [5.41, 5.74) is 1.55. The smallest absolute Gasteiger partial charge is 0.237 e. The van der Waals surface area contributed by atoms with Crippen molar-refractivity contribution in [3.8, 4) is 11.4 Å². The van der Waals surface area contributed by atoms with Crippen LogP contribution in [0, 0.1) is 0 Å². The normalized spacial score (nSPS) is 12.0. The molecule has 0 aliphatic heterocycles. The molecule has 0 saturated heterocycles. The largest absolute Gasteiger partial charge is 0.324 e. The molecule has 1 N–H and O–H groups in total. The maximum atomic E-state index is 12.6. The molecule has 2 aromatic heterocycles. The molecule has 140 valence electrons. The zero-order chi connectivity index (χ0) is 19.2. The van der Waals surface area contributed by atoms with Gasteiger partial charge in [-0.1, -0.05) is 42.4 Å². The number of halogens is 1. The Morgan fingerprint density at radius 3 is 2.67 bits per heavy atom. The summed E-state index contributed by atoms with van der Waals surface area (Å²) in [6.07, 6.45) is 4.39. The van der Waals surface area contributed by atoms with E-state index in [1.165, 1.54) is 11.8 Å². The van der Waals surface area contributed by atoms with Gasteiger partial charge in [0.15, 0.2) is 11.0 Å². The number of carbonyl (C=O) groups excluding carboxylic acids is 1. The van der Waals surface area contributed by atoms with Gasteiger partial charge in [0.1, 0.15) is 0 Å². The van der Waals surface area contributed by atoms with Gasteiger partial charge in [-0.3, -0.25) is 9.78 Å². The monoisotopic (exact) mass is 401 g/mol. The van der Waals surface area contributed by atoms with Gasteiger partial charge in [0, 0.05) is 24.5 Å². The second-order valence-electron chi connectivity index (χ2n) is 5.92. The van der Waals surface area contributed by atoms with Gasteiger partial charge in [0.05, 0.1) is 16.0 Å². The van der Waals surface area contributed by atoms with E-state index >= 15 is 0 Å². The maximum absolute atomic E-state index is 12.6. The molecule has 6 nitrogen and oxygen atoms in total. The lowest BCUT2D eigenvalue weighted by atomic mass is 10.2. The molecule has 0 spiro atoms. The Balaban J connectivity index is 1.77. The Morgan fingerprint density at radius 1 is 1.22 bits per heavy atom. The van der Waals surface area contributed by atoms with Crippen LogP contribution >= 0.6 is 23.4 Å². The molecule has 1 atom stereocenters. The molecule has 0 saturated carbocycles. The molecule has 2 heterocycles. The van der Waals surface area contributed by atoms with Crippen molar-refractivity contribution in [2.45, 2.75) is 37.2 Å². The quantitative estimate of drug-likeness (QED) is 0.589. The summed E-state index contributed by atoms with van der Waals surface area (Å²) < 4.78 is 2.04. The van der Waals surface area contributed by atoms with Crippen LogP contribution in [0.25, 0.3) is 11.4 Å². The van der Waals surface area contributed by atoms with Crippen molar-refractivity contribution in [1.82, 2.24) is 19.7 Å². The second kappa shape index (κ2) is 9.01. The van der Waals surface area contributed by atoms with Gasteiger partial charge in [0.2, 0.25) is 5.91 Å². The summed E-state index contributed by atoms with van der Waals surface area (Å²) in [6.45, 7) is 4.71. The highest BCUT2D eigenvalue weighted by molar-refractivity contribution is 8.00. The Hall–Kier alpha value is -2.38. The van der Waals surface area contributed by atoms with Crippen LogP contribution in [0.15, 0.2) is 53.9 Å². The second-order valence-corrected chi connectivity index (χ2v) is 7.64. The molecular weight excluding hydrogens is 382 g/mol. The van der Waals surface area contributed by atoms with Crippen molar-refractivity contribution in [3.05, 3.63) is 53.8 Å². The van der Waals surface area contributed by atoms with Crippen LogP contribution in [0.1, 0.15) is 20.3 Å². The number of carbonyl (C=O) groups is 1. The van der Waals surface area contributed by atoms with Crippen LogP contribution in [-0.4, -0.2) is 30.9 Å². The minimum atomic E-state index is -0.355. The number of hydrogen-bond donors (Lipinski definition) is 1. The van der Waals surface area contributed by atoms with Gasteiger partial charge in [-0.25, -0.2) is 0 Å². The first kappa shape index (κ1) is 19.4. The lowest BCUT2D eigenvalue weighted by Crippen LogP contribution is -2.23. The number of thioether (sulfide) groups is 1. The van der Waals surface area contributed by atoms with E-state index in [1.54, 1.807) is 24.5 Å². The first-order valence-corrected chi connectivity index (χ1v) is 9.91. The number of aromatic nitrogens is 4. The van der Waals surface area contributed by atoms with Gasteiger partial charge < -0.3 is 9.88 Å². The molecule has 0 aliphatic carbocycles. The topological polar surface area (TPSA) is 72.7 Å². The van der Waals surface area contributed by atoms with Crippen LogP contribution in [0.2, 0.25) is 5.02 Å². The summed E-state index contributed by atoms with van der Waals surface area (Å²) in [4.78, 5) is 16.6. The lowest BCUT2D eigenvalue weighted by molar-refractivity contribution is -0.115. The van der Waals surface area contributed by atoms with Crippen LogP contribution in [0.5, 0.6) is 0 Å². The average Bonchev–Trinajstić information content (AvgIpc) is 3.07. The van der Waals surface area contributed by atoms with Gasteiger partial charge >= 0.3 is 0 Å². The zero-order valence-corrected chi connectivity index (χ0v) is 16.7. The number of pyridine rings is 1. The van der Waals surface area contributed by atoms with E-state index in [0.29, 0.717) is 15.9 Å². The zero-order valence-electron chi connectivity index (χ0n) is 15.1. The number of amides is 1. The van der Waals surface area contributed by atoms with Crippen molar-refractivity contribution in [1.29, 1.82) is 0 Å². The number of hydrogen-bond acceptors (Lipinski definition) is 5. The standard InChI is InChI=1S/C19H20ClN5OS/c1-3-12-25-17(14-8-10-21-11-9-14)23-24-19(25)27-13(2)18(26)22-16-7-5-4-6-15(16)20/h4-11,13H,3,12H2,1-2H3,(H,22,26)/t13-/m0/s1. The Kier molecular flexibility index (Phi) is 6.47. The summed E-state index contributed by atoms with van der Waals surface area (Å²) in [6, 6.07) is 11.0. The minimum Gasteiger partial charge on any atom is -0.324 e. The number of anilines is 1. The summed E-state index contributed by atoms with van der Waals surface area (Å²) in [7, 11) is 0. The third kappa shape index (κ3) is 4.67. The molecule has 0 bridgehead atoms. The van der Waals surface area contributed by atoms with Crippen molar-refractivity contribution in [2.75, 3.05) is 5.32 Å². The molecule has 3 aromatic rings. The van der Waals surface area contributed by atoms with Crippen LogP contribution in [-0.2, 0) is 11.3 Å². The summed E-state index contributed by atoms with van der Waals surface area (Å²) in [5, 5.41) is 12.4. The van der Waals surface area contributed by atoms with Gasteiger partial charge in [0.25, 0.3) is 0 Å².